The standard InChI is InChI=1S/C10H8BrNO3/c1-15-9(14)4-6-2-8(13)3-7(5-12)10(6)11/h2-3,13H,4H2,1H3. The van der Waals surface area contributed by atoms with Gasteiger partial charge in [-0.2, -0.15) is 5.26 Å². The van der Waals surface area contributed by atoms with Gasteiger partial charge in [0.2, 0.25) is 0 Å². The summed E-state index contributed by atoms with van der Waals surface area (Å²) in [5.74, 6) is -0.473. The molecule has 0 aromatic heterocycles. The third-order valence-electron chi connectivity index (χ3n) is 1.82. The minimum atomic E-state index is -0.426. The van der Waals surface area contributed by atoms with Crippen molar-refractivity contribution < 1.29 is 14.6 Å². The predicted octanol–water partition coefficient (Wildman–Crippen LogP) is 1.74. The first-order valence-corrected chi connectivity index (χ1v) is 4.86. The van der Waals surface area contributed by atoms with Gasteiger partial charge in [0.1, 0.15) is 11.8 Å². The number of rotatable bonds is 2. The summed E-state index contributed by atoms with van der Waals surface area (Å²) in [5, 5.41) is 18.1. The normalized spacial score (nSPS) is 9.40. The first-order chi connectivity index (χ1) is 7.08. The van der Waals surface area contributed by atoms with E-state index >= 15 is 0 Å². The Balaban J connectivity index is 3.13. The van der Waals surface area contributed by atoms with Crippen LogP contribution in [-0.2, 0) is 16.0 Å². The Bertz CT molecular complexity index is 437. The maximum Gasteiger partial charge on any atom is 0.310 e. The summed E-state index contributed by atoms with van der Waals surface area (Å²) >= 11 is 3.19. The number of esters is 1. The largest absolute Gasteiger partial charge is 0.508 e. The number of nitriles is 1. The highest BCUT2D eigenvalue weighted by Gasteiger charge is 2.11. The quantitative estimate of drug-likeness (QED) is 0.831. The Hall–Kier alpha value is -1.54. The Labute approximate surface area is 95.2 Å². The number of aromatic hydroxyl groups is 1. The van der Waals surface area contributed by atoms with Crippen molar-refractivity contribution >= 4 is 21.9 Å². The first-order valence-electron chi connectivity index (χ1n) is 4.06. The Morgan fingerprint density at radius 3 is 2.87 bits per heavy atom. The van der Waals surface area contributed by atoms with Crippen LogP contribution < -0.4 is 0 Å². The number of phenolic OH excluding ortho intramolecular Hbond substituents is 1. The number of carbonyl (C=O) groups is 1. The van der Waals surface area contributed by atoms with Crippen LogP contribution in [0.2, 0.25) is 0 Å². The maximum absolute atomic E-state index is 11.0. The maximum atomic E-state index is 11.0. The fourth-order valence-corrected chi connectivity index (χ4v) is 1.56. The Morgan fingerprint density at radius 1 is 1.67 bits per heavy atom. The predicted molar refractivity (Wildman–Crippen MR) is 56.2 cm³/mol. The van der Waals surface area contributed by atoms with Crippen molar-refractivity contribution in [1.82, 2.24) is 0 Å². The molecule has 0 spiro atoms. The van der Waals surface area contributed by atoms with Crippen LogP contribution in [0.4, 0.5) is 0 Å². The highest BCUT2D eigenvalue weighted by atomic mass is 79.9. The molecule has 0 unspecified atom stereocenters. The lowest BCUT2D eigenvalue weighted by molar-refractivity contribution is -0.139. The highest BCUT2D eigenvalue weighted by Crippen LogP contribution is 2.27. The van der Waals surface area contributed by atoms with Gasteiger partial charge >= 0.3 is 5.97 Å². The van der Waals surface area contributed by atoms with Gasteiger partial charge in [0.05, 0.1) is 19.1 Å². The Morgan fingerprint density at radius 2 is 2.33 bits per heavy atom. The number of hydrogen-bond donors (Lipinski definition) is 1. The third-order valence-corrected chi connectivity index (χ3v) is 2.75. The second-order valence-corrected chi connectivity index (χ2v) is 3.62. The van der Waals surface area contributed by atoms with Crippen molar-refractivity contribution in [3.8, 4) is 11.8 Å². The Kier molecular flexibility index (Phi) is 3.69. The molecule has 0 saturated carbocycles. The smallest absolute Gasteiger partial charge is 0.310 e. The average Bonchev–Trinajstić information content (AvgIpc) is 2.22. The monoisotopic (exact) mass is 269 g/mol. The van der Waals surface area contributed by atoms with E-state index < -0.39 is 5.97 Å². The number of nitrogens with zero attached hydrogens (tertiary/aromatic N) is 1. The van der Waals surface area contributed by atoms with Crippen LogP contribution in [0.1, 0.15) is 11.1 Å². The molecule has 1 rings (SSSR count). The first kappa shape index (κ1) is 11.5. The van der Waals surface area contributed by atoms with E-state index in [0.717, 1.165) is 0 Å². The van der Waals surface area contributed by atoms with Gasteiger partial charge in [0.15, 0.2) is 0 Å². The van der Waals surface area contributed by atoms with Gasteiger partial charge in [-0.05, 0) is 33.6 Å². The van der Waals surface area contributed by atoms with Gasteiger partial charge in [0.25, 0.3) is 0 Å². The molecule has 0 amide bonds. The van der Waals surface area contributed by atoms with Crippen molar-refractivity contribution in [3.63, 3.8) is 0 Å². The van der Waals surface area contributed by atoms with E-state index in [-0.39, 0.29) is 17.7 Å². The summed E-state index contributed by atoms with van der Waals surface area (Å²) in [5.41, 5.74) is 0.812. The lowest BCUT2D eigenvalue weighted by atomic mass is 10.1. The molecule has 15 heavy (non-hydrogen) atoms. The van der Waals surface area contributed by atoms with Crippen molar-refractivity contribution in [1.29, 1.82) is 5.26 Å². The average molecular weight is 270 g/mol. The molecular weight excluding hydrogens is 262 g/mol. The number of hydrogen-bond acceptors (Lipinski definition) is 4. The molecule has 1 N–H and O–H groups in total. The van der Waals surface area contributed by atoms with E-state index in [9.17, 15) is 9.90 Å². The van der Waals surface area contributed by atoms with Gasteiger partial charge in [-0.3, -0.25) is 4.79 Å². The van der Waals surface area contributed by atoms with Gasteiger partial charge in [-0.15, -0.1) is 0 Å². The SMILES string of the molecule is COC(=O)Cc1cc(O)cc(C#N)c1Br. The summed E-state index contributed by atoms with van der Waals surface area (Å²) in [6, 6.07) is 4.65. The van der Waals surface area contributed by atoms with E-state index in [1.54, 1.807) is 0 Å². The van der Waals surface area contributed by atoms with E-state index in [0.29, 0.717) is 10.0 Å². The minimum absolute atomic E-state index is 0.0141. The molecule has 0 radical (unpaired) electrons. The topological polar surface area (TPSA) is 70.3 Å². The fraction of sp³-hybridized carbons (Fsp3) is 0.200. The molecular formula is C10H8BrNO3. The lowest BCUT2D eigenvalue weighted by Crippen LogP contribution is -2.05. The van der Waals surface area contributed by atoms with E-state index in [1.165, 1.54) is 19.2 Å². The molecule has 0 bridgehead atoms. The molecule has 4 nitrogen and oxygen atoms in total. The zero-order valence-electron chi connectivity index (χ0n) is 7.95. The zero-order valence-corrected chi connectivity index (χ0v) is 9.54. The molecule has 1 aromatic carbocycles. The number of benzene rings is 1. The second-order valence-electron chi connectivity index (χ2n) is 2.83. The molecule has 1 aromatic rings. The fourth-order valence-electron chi connectivity index (χ4n) is 1.11. The number of halogens is 1. The molecule has 0 heterocycles. The van der Waals surface area contributed by atoms with Crippen LogP contribution in [-0.4, -0.2) is 18.2 Å². The number of phenols is 1. The van der Waals surface area contributed by atoms with Crippen molar-refractivity contribution in [2.45, 2.75) is 6.42 Å². The number of methoxy groups -OCH3 is 1. The van der Waals surface area contributed by atoms with Crippen LogP contribution in [0.3, 0.4) is 0 Å². The van der Waals surface area contributed by atoms with Crippen molar-refractivity contribution in [2.75, 3.05) is 7.11 Å². The van der Waals surface area contributed by atoms with Crippen molar-refractivity contribution in [3.05, 3.63) is 27.7 Å². The third kappa shape index (κ3) is 2.70. The van der Waals surface area contributed by atoms with Crippen molar-refractivity contribution in [2.24, 2.45) is 0 Å². The van der Waals surface area contributed by atoms with Crippen LogP contribution in [0.25, 0.3) is 0 Å². The highest BCUT2D eigenvalue weighted by molar-refractivity contribution is 9.10. The molecule has 0 fully saturated rings. The lowest BCUT2D eigenvalue weighted by Gasteiger charge is -2.05. The molecule has 78 valence electrons. The molecule has 0 aliphatic rings. The van der Waals surface area contributed by atoms with Crippen LogP contribution in [0.5, 0.6) is 5.75 Å². The molecule has 0 saturated heterocycles. The van der Waals surface area contributed by atoms with Crippen LogP contribution in [0.15, 0.2) is 16.6 Å². The summed E-state index contributed by atoms with van der Waals surface area (Å²) < 4.78 is 5.01. The molecule has 5 heteroatoms. The van der Waals surface area contributed by atoms with Gasteiger partial charge < -0.3 is 9.84 Å². The summed E-state index contributed by atoms with van der Waals surface area (Å²) in [4.78, 5) is 11.0. The summed E-state index contributed by atoms with van der Waals surface area (Å²) in [6.07, 6.45) is 0.0141. The molecule has 0 atom stereocenters. The summed E-state index contributed by atoms with van der Waals surface area (Å²) in [7, 11) is 1.28. The van der Waals surface area contributed by atoms with E-state index in [4.69, 9.17) is 5.26 Å². The summed E-state index contributed by atoms with van der Waals surface area (Å²) in [6.45, 7) is 0. The van der Waals surface area contributed by atoms with Gasteiger partial charge in [-0.1, -0.05) is 0 Å². The minimum Gasteiger partial charge on any atom is -0.508 e. The van der Waals surface area contributed by atoms with Crippen LogP contribution in [0, 0.1) is 11.3 Å². The van der Waals surface area contributed by atoms with Gasteiger partial charge in [-0.25, -0.2) is 0 Å². The van der Waals surface area contributed by atoms with Gasteiger partial charge in [0, 0.05) is 4.47 Å². The second kappa shape index (κ2) is 4.80. The molecule has 0 aliphatic heterocycles. The van der Waals surface area contributed by atoms with Crippen LogP contribution >= 0.6 is 15.9 Å². The molecule has 0 aliphatic carbocycles. The van der Waals surface area contributed by atoms with E-state index in [1.807, 2.05) is 6.07 Å². The number of ether oxygens (including phenoxy) is 1. The zero-order chi connectivity index (χ0) is 11.4. The number of carbonyl (C=O) groups excluding carboxylic acids is 1. The van der Waals surface area contributed by atoms with E-state index in [2.05, 4.69) is 20.7 Å².